The number of hydrogen-bond donors (Lipinski definition) is 0. The fraction of sp³-hybridized carbons (Fsp3) is 0.435. The molecule has 0 amide bonds. The molecule has 1 saturated carbocycles. The molecule has 1 aromatic carbocycles. The molecule has 1 fully saturated rings. The summed E-state index contributed by atoms with van der Waals surface area (Å²) >= 11 is 0. The third-order valence-electron chi connectivity index (χ3n) is 6.12. The molecule has 2 atom stereocenters. The van der Waals surface area contributed by atoms with Crippen LogP contribution in [0.25, 0.3) is 16.9 Å². The molecule has 4 aromatic rings. The Hall–Kier alpha value is -3.09. The molecule has 5 rings (SSSR count). The molecule has 7 heteroatoms. The lowest BCUT2D eigenvalue weighted by molar-refractivity contribution is 0.320. The zero-order chi connectivity index (χ0) is 21.0. The number of hydrogen-bond acceptors (Lipinski definition) is 5. The molecule has 1 aliphatic carbocycles. The van der Waals surface area contributed by atoms with E-state index >= 15 is 0 Å². The molecule has 0 saturated heterocycles. The molecule has 30 heavy (non-hydrogen) atoms. The normalized spacial score (nSPS) is 18.9. The number of aromatic nitrogens is 7. The van der Waals surface area contributed by atoms with Crippen molar-refractivity contribution in [3.8, 4) is 5.82 Å². The van der Waals surface area contributed by atoms with E-state index in [9.17, 15) is 0 Å². The Morgan fingerprint density at radius 3 is 2.40 bits per heavy atom. The highest BCUT2D eigenvalue weighted by atomic mass is 15.4. The van der Waals surface area contributed by atoms with E-state index in [1.165, 1.54) is 5.52 Å². The standard InChI is InChI=1S/C23H27N7/c1-13(2)22-26-15(4)28-30(22)21-12-19(24-14(3)25-21)16-10-11-17(16)23-27-18-8-6-7-9-20(18)29(23)5/h6-9,12-13,16-17H,10-11H2,1-5H3. The van der Waals surface area contributed by atoms with Crippen molar-refractivity contribution in [1.82, 2.24) is 34.3 Å². The summed E-state index contributed by atoms with van der Waals surface area (Å²) in [7, 11) is 2.11. The van der Waals surface area contributed by atoms with Crippen LogP contribution in [0.3, 0.4) is 0 Å². The van der Waals surface area contributed by atoms with Gasteiger partial charge in [0, 0.05) is 30.9 Å². The van der Waals surface area contributed by atoms with Gasteiger partial charge in [-0.05, 0) is 38.8 Å². The van der Waals surface area contributed by atoms with Crippen molar-refractivity contribution in [2.75, 3.05) is 0 Å². The van der Waals surface area contributed by atoms with Gasteiger partial charge in [0.1, 0.15) is 23.3 Å². The summed E-state index contributed by atoms with van der Waals surface area (Å²) in [5, 5.41) is 4.61. The largest absolute Gasteiger partial charge is 0.331 e. The molecule has 154 valence electrons. The highest BCUT2D eigenvalue weighted by Gasteiger charge is 2.38. The summed E-state index contributed by atoms with van der Waals surface area (Å²) in [6.45, 7) is 8.13. The lowest BCUT2D eigenvalue weighted by atomic mass is 9.71. The monoisotopic (exact) mass is 401 g/mol. The predicted molar refractivity (Wildman–Crippen MR) is 116 cm³/mol. The maximum atomic E-state index is 4.95. The summed E-state index contributed by atoms with van der Waals surface area (Å²) in [6.07, 6.45) is 2.23. The molecule has 0 bridgehead atoms. The van der Waals surface area contributed by atoms with Gasteiger partial charge in [0.05, 0.1) is 16.7 Å². The molecule has 0 radical (unpaired) electrons. The van der Waals surface area contributed by atoms with Gasteiger partial charge in [0.25, 0.3) is 0 Å². The van der Waals surface area contributed by atoms with Crippen molar-refractivity contribution >= 4 is 11.0 Å². The highest BCUT2D eigenvalue weighted by molar-refractivity contribution is 5.76. The summed E-state index contributed by atoms with van der Waals surface area (Å²) in [5.41, 5.74) is 3.31. The van der Waals surface area contributed by atoms with Crippen LogP contribution in [0, 0.1) is 13.8 Å². The Bertz CT molecular complexity index is 1230. The van der Waals surface area contributed by atoms with E-state index in [0.717, 1.165) is 53.2 Å². The van der Waals surface area contributed by atoms with Crippen molar-refractivity contribution in [2.24, 2.45) is 7.05 Å². The number of nitrogens with zero attached hydrogens (tertiary/aromatic N) is 7. The molecule has 0 aliphatic heterocycles. The van der Waals surface area contributed by atoms with Crippen LogP contribution in [0.4, 0.5) is 0 Å². The first kappa shape index (κ1) is 18.9. The SMILES string of the molecule is Cc1nc(C2CCC2c2nc3ccccc3n2C)cc(-n2nc(C)nc2C(C)C)n1. The minimum Gasteiger partial charge on any atom is -0.331 e. The summed E-state index contributed by atoms with van der Waals surface area (Å²) in [4.78, 5) is 19.0. The van der Waals surface area contributed by atoms with E-state index in [0.29, 0.717) is 11.8 Å². The van der Waals surface area contributed by atoms with Gasteiger partial charge >= 0.3 is 0 Å². The highest BCUT2D eigenvalue weighted by Crippen LogP contribution is 2.48. The van der Waals surface area contributed by atoms with Crippen LogP contribution >= 0.6 is 0 Å². The lowest BCUT2D eigenvalue weighted by Crippen LogP contribution is -2.26. The Labute approximate surface area is 176 Å². The molecule has 0 N–H and O–H groups in total. The lowest BCUT2D eigenvalue weighted by Gasteiger charge is -2.35. The van der Waals surface area contributed by atoms with Crippen LogP contribution in [0.1, 0.15) is 73.4 Å². The van der Waals surface area contributed by atoms with E-state index in [1.54, 1.807) is 0 Å². The number of benzene rings is 1. The Balaban J connectivity index is 1.54. The van der Waals surface area contributed by atoms with Gasteiger partial charge in [-0.25, -0.2) is 19.9 Å². The summed E-state index contributed by atoms with van der Waals surface area (Å²) < 4.78 is 4.11. The number of fused-ring (bicyclic) bond motifs is 1. The van der Waals surface area contributed by atoms with Crippen LogP contribution in [0.2, 0.25) is 0 Å². The molecule has 3 heterocycles. The first-order valence-electron chi connectivity index (χ1n) is 10.6. The van der Waals surface area contributed by atoms with Gasteiger partial charge in [-0.15, -0.1) is 5.10 Å². The van der Waals surface area contributed by atoms with Crippen LogP contribution in [0.5, 0.6) is 0 Å². The van der Waals surface area contributed by atoms with Crippen molar-refractivity contribution in [3.63, 3.8) is 0 Å². The molecule has 2 unspecified atom stereocenters. The summed E-state index contributed by atoms with van der Waals surface area (Å²) in [5.74, 6) is 5.37. The van der Waals surface area contributed by atoms with Gasteiger partial charge in [-0.1, -0.05) is 26.0 Å². The second-order valence-electron chi connectivity index (χ2n) is 8.59. The van der Waals surface area contributed by atoms with Crippen molar-refractivity contribution in [1.29, 1.82) is 0 Å². The van der Waals surface area contributed by atoms with Gasteiger partial charge in [0.2, 0.25) is 0 Å². The topological polar surface area (TPSA) is 74.3 Å². The van der Waals surface area contributed by atoms with Crippen molar-refractivity contribution < 1.29 is 0 Å². The molecule has 0 spiro atoms. The summed E-state index contributed by atoms with van der Waals surface area (Å²) in [6, 6.07) is 10.4. The fourth-order valence-electron chi connectivity index (χ4n) is 4.51. The van der Waals surface area contributed by atoms with Gasteiger partial charge in [-0.2, -0.15) is 4.68 Å². The quantitative estimate of drug-likeness (QED) is 0.508. The zero-order valence-electron chi connectivity index (χ0n) is 18.2. The fourth-order valence-corrected chi connectivity index (χ4v) is 4.51. The Morgan fingerprint density at radius 2 is 1.70 bits per heavy atom. The van der Waals surface area contributed by atoms with Crippen molar-refractivity contribution in [3.05, 3.63) is 59.3 Å². The van der Waals surface area contributed by atoms with Gasteiger partial charge in [-0.3, -0.25) is 0 Å². The molecular formula is C23H27N7. The number of aryl methyl sites for hydroxylation is 3. The third-order valence-corrected chi connectivity index (χ3v) is 6.12. The minimum atomic E-state index is 0.265. The van der Waals surface area contributed by atoms with E-state index < -0.39 is 0 Å². The Morgan fingerprint density at radius 1 is 0.933 bits per heavy atom. The molecule has 3 aromatic heterocycles. The zero-order valence-corrected chi connectivity index (χ0v) is 18.2. The minimum absolute atomic E-state index is 0.265. The molecule has 7 nitrogen and oxygen atoms in total. The van der Waals surface area contributed by atoms with Crippen LogP contribution in [-0.4, -0.2) is 34.3 Å². The van der Waals surface area contributed by atoms with E-state index in [-0.39, 0.29) is 5.92 Å². The Kier molecular flexibility index (Phi) is 4.41. The van der Waals surface area contributed by atoms with E-state index in [2.05, 4.69) is 64.8 Å². The van der Waals surface area contributed by atoms with Crippen molar-refractivity contribution in [2.45, 2.75) is 58.3 Å². The van der Waals surface area contributed by atoms with Gasteiger partial charge in [0.15, 0.2) is 5.82 Å². The second kappa shape index (κ2) is 7.00. The smallest absolute Gasteiger partial charge is 0.159 e. The number of para-hydroxylation sites is 2. The van der Waals surface area contributed by atoms with Crippen LogP contribution < -0.4 is 0 Å². The second-order valence-corrected chi connectivity index (χ2v) is 8.59. The predicted octanol–water partition coefficient (Wildman–Crippen LogP) is 4.35. The van der Waals surface area contributed by atoms with Crippen LogP contribution in [-0.2, 0) is 7.05 Å². The average Bonchev–Trinajstić information content (AvgIpc) is 3.22. The molecular weight excluding hydrogens is 374 g/mol. The maximum absolute atomic E-state index is 4.95. The first-order valence-corrected chi connectivity index (χ1v) is 10.6. The van der Waals surface area contributed by atoms with E-state index in [1.807, 2.05) is 24.6 Å². The third kappa shape index (κ3) is 3.00. The first-order chi connectivity index (χ1) is 14.4. The average molecular weight is 402 g/mol. The number of rotatable bonds is 4. The van der Waals surface area contributed by atoms with Gasteiger partial charge < -0.3 is 4.57 Å². The van der Waals surface area contributed by atoms with E-state index in [4.69, 9.17) is 9.97 Å². The molecule has 1 aliphatic rings. The maximum Gasteiger partial charge on any atom is 0.159 e. The van der Waals surface area contributed by atoms with Crippen LogP contribution in [0.15, 0.2) is 30.3 Å². The number of imidazole rings is 1.